The second-order valence-corrected chi connectivity index (χ2v) is 5.03. The summed E-state index contributed by atoms with van der Waals surface area (Å²) in [4.78, 5) is 23.2. The van der Waals surface area contributed by atoms with Gasteiger partial charge in [0.1, 0.15) is 12.2 Å². The fourth-order valence-corrected chi connectivity index (χ4v) is 2.18. The predicted molar refractivity (Wildman–Crippen MR) is 75.3 cm³/mol. The highest BCUT2D eigenvalue weighted by molar-refractivity contribution is 9.10. The van der Waals surface area contributed by atoms with Crippen molar-refractivity contribution in [2.75, 3.05) is 12.4 Å². The van der Waals surface area contributed by atoms with Gasteiger partial charge in [0.25, 0.3) is 5.91 Å². The van der Waals surface area contributed by atoms with Gasteiger partial charge in [-0.1, -0.05) is 0 Å². The molecule has 0 saturated carbocycles. The number of anilines is 1. The smallest absolute Gasteiger partial charge is 0.327 e. The van der Waals surface area contributed by atoms with E-state index in [1.54, 1.807) is 30.1 Å². The van der Waals surface area contributed by atoms with Crippen LogP contribution in [0.5, 0.6) is 0 Å². The molecule has 0 aliphatic carbocycles. The number of aryl methyl sites for hydroxylation is 1. The van der Waals surface area contributed by atoms with Crippen LogP contribution < -0.4 is 5.32 Å². The highest BCUT2D eigenvalue weighted by Gasteiger charge is 2.12. The lowest BCUT2D eigenvalue weighted by Gasteiger charge is -2.03. The van der Waals surface area contributed by atoms with Gasteiger partial charge < -0.3 is 14.6 Å². The average molecular weight is 341 g/mol. The Morgan fingerprint density at radius 2 is 2.20 bits per heavy atom. The Kier molecular flexibility index (Phi) is 4.23. The monoisotopic (exact) mass is 340 g/mol. The van der Waals surface area contributed by atoms with Gasteiger partial charge in [0, 0.05) is 23.9 Å². The van der Waals surface area contributed by atoms with Gasteiger partial charge in [0.15, 0.2) is 0 Å². The van der Waals surface area contributed by atoms with Crippen LogP contribution >= 0.6 is 15.9 Å². The molecule has 106 valence electrons. The van der Waals surface area contributed by atoms with Crippen LogP contribution in [-0.4, -0.2) is 33.3 Å². The van der Waals surface area contributed by atoms with Gasteiger partial charge >= 0.3 is 5.97 Å². The number of esters is 1. The average Bonchev–Trinajstić information content (AvgIpc) is 2.95. The van der Waals surface area contributed by atoms with Gasteiger partial charge in [-0.15, -0.1) is 0 Å². The van der Waals surface area contributed by atoms with Crippen LogP contribution in [0.4, 0.5) is 5.69 Å². The minimum Gasteiger partial charge on any atom is -0.468 e. The molecule has 0 aliphatic heterocycles. The topological polar surface area (TPSA) is 78.1 Å². The highest BCUT2D eigenvalue weighted by atomic mass is 79.9. The molecule has 1 N–H and O–H groups in total. The van der Waals surface area contributed by atoms with Crippen LogP contribution in [0.1, 0.15) is 10.5 Å². The first-order chi connectivity index (χ1) is 9.49. The Morgan fingerprint density at radius 1 is 1.45 bits per heavy atom. The zero-order valence-corrected chi connectivity index (χ0v) is 12.5. The lowest BCUT2D eigenvalue weighted by molar-refractivity contribution is -0.141. The standard InChI is InChI=1S/C12H13BrN4O3/c1-16-5-8(13)3-10(16)12(19)15-9-4-14-17(6-9)7-11(18)20-2/h3-6H,7H2,1-2H3,(H,15,19). The van der Waals surface area contributed by atoms with Crippen LogP contribution in [0, 0.1) is 0 Å². The summed E-state index contributed by atoms with van der Waals surface area (Å²) >= 11 is 3.31. The quantitative estimate of drug-likeness (QED) is 0.853. The van der Waals surface area contributed by atoms with Crippen molar-refractivity contribution in [3.8, 4) is 0 Å². The van der Waals surface area contributed by atoms with Crippen molar-refractivity contribution in [3.63, 3.8) is 0 Å². The maximum atomic E-state index is 12.1. The molecule has 0 aromatic carbocycles. The van der Waals surface area contributed by atoms with Crippen LogP contribution in [0.2, 0.25) is 0 Å². The number of nitrogens with one attached hydrogen (secondary N) is 1. The number of hydrogen-bond donors (Lipinski definition) is 1. The summed E-state index contributed by atoms with van der Waals surface area (Å²) in [5, 5.41) is 6.67. The molecule has 20 heavy (non-hydrogen) atoms. The zero-order valence-electron chi connectivity index (χ0n) is 11.0. The van der Waals surface area contributed by atoms with Gasteiger partial charge in [-0.25, -0.2) is 0 Å². The number of hydrogen-bond acceptors (Lipinski definition) is 4. The van der Waals surface area contributed by atoms with Crippen molar-refractivity contribution in [2.45, 2.75) is 6.54 Å². The summed E-state index contributed by atoms with van der Waals surface area (Å²) in [5.41, 5.74) is 1.02. The van der Waals surface area contributed by atoms with Gasteiger partial charge in [-0.3, -0.25) is 14.3 Å². The second-order valence-electron chi connectivity index (χ2n) is 4.11. The number of carbonyl (C=O) groups excluding carboxylic acids is 2. The molecule has 1 amide bonds. The molecule has 0 bridgehead atoms. The third-order valence-electron chi connectivity index (χ3n) is 2.61. The Balaban J connectivity index is 2.05. The summed E-state index contributed by atoms with van der Waals surface area (Å²) in [6, 6.07) is 1.72. The molecule has 0 spiro atoms. The molecule has 0 radical (unpaired) electrons. The number of aromatic nitrogens is 3. The van der Waals surface area contributed by atoms with E-state index < -0.39 is 5.97 Å². The molecule has 2 aromatic heterocycles. The highest BCUT2D eigenvalue weighted by Crippen LogP contribution is 2.15. The molecule has 2 heterocycles. The number of amides is 1. The Bertz CT molecular complexity index is 647. The SMILES string of the molecule is COC(=O)Cn1cc(NC(=O)c2cc(Br)cn2C)cn1. The van der Waals surface area contributed by atoms with Crippen molar-refractivity contribution < 1.29 is 14.3 Å². The zero-order chi connectivity index (χ0) is 14.7. The van der Waals surface area contributed by atoms with E-state index in [4.69, 9.17) is 0 Å². The Morgan fingerprint density at radius 3 is 2.80 bits per heavy atom. The van der Waals surface area contributed by atoms with E-state index in [-0.39, 0.29) is 12.5 Å². The van der Waals surface area contributed by atoms with Crippen LogP contribution in [0.3, 0.4) is 0 Å². The number of ether oxygens (including phenoxy) is 1. The lowest BCUT2D eigenvalue weighted by atomic mass is 10.4. The van der Waals surface area contributed by atoms with E-state index in [1.807, 2.05) is 0 Å². The summed E-state index contributed by atoms with van der Waals surface area (Å²) in [7, 11) is 3.09. The normalized spacial score (nSPS) is 10.3. The molecule has 8 heteroatoms. The van der Waals surface area contributed by atoms with Gasteiger partial charge in [0.05, 0.1) is 19.0 Å². The fourth-order valence-electron chi connectivity index (χ4n) is 1.66. The van der Waals surface area contributed by atoms with Crippen LogP contribution in [0.25, 0.3) is 0 Å². The summed E-state index contributed by atoms with van der Waals surface area (Å²) in [6.45, 7) is 0.00206. The maximum Gasteiger partial charge on any atom is 0.327 e. The van der Waals surface area contributed by atoms with Gasteiger partial charge in [-0.2, -0.15) is 5.10 Å². The van der Waals surface area contributed by atoms with E-state index >= 15 is 0 Å². The predicted octanol–water partition coefficient (Wildman–Crippen LogP) is 1.41. The van der Waals surface area contributed by atoms with Crippen molar-refractivity contribution in [1.82, 2.24) is 14.3 Å². The third kappa shape index (κ3) is 3.27. The van der Waals surface area contributed by atoms with E-state index in [9.17, 15) is 9.59 Å². The number of methoxy groups -OCH3 is 1. The molecular formula is C12H13BrN4O3. The molecule has 0 saturated heterocycles. The minimum atomic E-state index is -0.405. The molecule has 2 aromatic rings. The first-order valence-corrected chi connectivity index (χ1v) is 6.51. The van der Waals surface area contributed by atoms with Crippen LogP contribution in [-0.2, 0) is 23.1 Å². The first-order valence-electron chi connectivity index (χ1n) is 5.72. The van der Waals surface area contributed by atoms with Crippen molar-refractivity contribution in [3.05, 3.63) is 34.8 Å². The van der Waals surface area contributed by atoms with Crippen molar-refractivity contribution in [2.24, 2.45) is 7.05 Å². The molecule has 0 atom stereocenters. The fraction of sp³-hybridized carbons (Fsp3) is 0.250. The largest absolute Gasteiger partial charge is 0.468 e. The van der Waals surface area contributed by atoms with Crippen molar-refractivity contribution in [1.29, 1.82) is 0 Å². The molecular weight excluding hydrogens is 328 g/mol. The second kappa shape index (κ2) is 5.91. The summed E-state index contributed by atoms with van der Waals surface area (Å²) in [5.74, 6) is -0.659. The molecule has 2 rings (SSSR count). The molecule has 0 unspecified atom stereocenters. The van der Waals surface area contributed by atoms with Crippen molar-refractivity contribution >= 4 is 33.5 Å². The summed E-state index contributed by atoms with van der Waals surface area (Å²) < 4.78 is 8.46. The molecule has 0 fully saturated rings. The number of halogens is 1. The Labute approximate surface area is 123 Å². The molecule has 0 aliphatic rings. The van der Waals surface area contributed by atoms with Crippen LogP contribution in [0.15, 0.2) is 29.1 Å². The lowest BCUT2D eigenvalue weighted by Crippen LogP contribution is -2.15. The van der Waals surface area contributed by atoms with E-state index in [0.29, 0.717) is 11.4 Å². The third-order valence-corrected chi connectivity index (χ3v) is 3.05. The molecule has 7 nitrogen and oxygen atoms in total. The van der Waals surface area contributed by atoms with E-state index in [1.165, 1.54) is 18.0 Å². The Hall–Kier alpha value is -2.09. The number of nitrogens with zero attached hydrogens (tertiary/aromatic N) is 3. The first kappa shape index (κ1) is 14.3. The van der Waals surface area contributed by atoms with E-state index in [0.717, 1.165) is 4.47 Å². The maximum absolute atomic E-state index is 12.1. The summed E-state index contributed by atoms with van der Waals surface area (Å²) in [6.07, 6.45) is 4.82. The minimum absolute atomic E-state index is 0.00206. The van der Waals surface area contributed by atoms with Gasteiger partial charge in [-0.05, 0) is 22.0 Å². The van der Waals surface area contributed by atoms with E-state index in [2.05, 4.69) is 31.1 Å². The number of rotatable bonds is 4. The van der Waals surface area contributed by atoms with Gasteiger partial charge in [0.2, 0.25) is 0 Å². The number of carbonyl (C=O) groups is 2.